The molecule has 0 aromatic heterocycles. The van der Waals surface area contributed by atoms with E-state index >= 15 is 0 Å². The molecule has 0 bridgehead atoms. The van der Waals surface area contributed by atoms with Crippen LogP contribution in [0.3, 0.4) is 0 Å². The number of ether oxygens (including phenoxy) is 2. The highest BCUT2D eigenvalue weighted by molar-refractivity contribution is 5.90. The molecular formula is C18H21NO7. The van der Waals surface area contributed by atoms with Crippen molar-refractivity contribution >= 4 is 5.97 Å². The summed E-state index contributed by atoms with van der Waals surface area (Å²) in [7, 11) is 1.40. The standard InChI is InChI=1S/C18H21NO7/c1-24-17-11-15(7-8-16(17)20)18(21)25-12-14-5-2-4-13(10-14)6-3-9-26-19(22)23/h2,4-5,7-8,10-11,20,22-23H,3,6,9,12H2,1H3. The van der Waals surface area contributed by atoms with Crippen molar-refractivity contribution in [3.63, 3.8) is 0 Å². The van der Waals surface area contributed by atoms with E-state index in [-0.39, 0.29) is 35.7 Å². The van der Waals surface area contributed by atoms with Crippen molar-refractivity contribution in [1.82, 2.24) is 5.39 Å². The van der Waals surface area contributed by atoms with Crippen LogP contribution >= 0.6 is 0 Å². The van der Waals surface area contributed by atoms with Gasteiger partial charge >= 0.3 is 5.97 Å². The van der Waals surface area contributed by atoms with Crippen molar-refractivity contribution in [1.29, 1.82) is 0 Å². The third-order valence-electron chi connectivity index (χ3n) is 3.59. The van der Waals surface area contributed by atoms with Crippen molar-refractivity contribution < 1.29 is 34.6 Å². The minimum Gasteiger partial charge on any atom is -0.504 e. The minimum absolute atomic E-state index is 0.0498. The molecule has 26 heavy (non-hydrogen) atoms. The first-order valence-corrected chi connectivity index (χ1v) is 7.92. The van der Waals surface area contributed by atoms with Gasteiger partial charge in [0.15, 0.2) is 11.5 Å². The van der Waals surface area contributed by atoms with Crippen molar-refractivity contribution in [2.24, 2.45) is 0 Å². The van der Waals surface area contributed by atoms with Crippen LogP contribution in [0, 0.1) is 0 Å². The molecule has 2 aromatic rings. The normalized spacial score (nSPS) is 10.8. The zero-order valence-electron chi connectivity index (χ0n) is 14.3. The second kappa shape index (κ2) is 9.73. The Hall–Kier alpha value is -2.65. The number of hydrogen-bond donors (Lipinski definition) is 3. The molecule has 140 valence electrons. The third kappa shape index (κ3) is 6.01. The van der Waals surface area contributed by atoms with Gasteiger partial charge in [-0.1, -0.05) is 24.3 Å². The molecule has 2 rings (SSSR count). The first kappa shape index (κ1) is 19.7. The van der Waals surface area contributed by atoms with Gasteiger partial charge in [0.05, 0.1) is 24.7 Å². The number of aryl methyl sites for hydroxylation is 1. The largest absolute Gasteiger partial charge is 0.504 e. The number of carbonyl (C=O) groups excluding carboxylic acids is 1. The van der Waals surface area contributed by atoms with Crippen molar-refractivity contribution in [3.05, 3.63) is 59.2 Å². The third-order valence-corrected chi connectivity index (χ3v) is 3.59. The number of hydrogen-bond acceptors (Lipinski definition) is 8. The summed E-state index contributed by atoms with van der Waals surface area (Å²) >= 11 is 0. The van der Waals surface area contributed by atoms with E-state index in [4.69, 9.17) is 19.9 Å². The van der Waals surface area contributed by atoms with E-state index in [9.17, 15) is 9.90 Å². The molecule has 0 atom stereocenters. The Morgan fingerprint density at radius 3 is 2.62 bits per heavy atom. The fourth-order valence-corrected chi connectivity index (χ4v) is 2.33. The molecule has 0 spiro atoms. The highest BCUT2D eigenvalue weighted by Crippen LogP contribution is 2.26. The van der Waals surface area contributed by atoms with Crippen LogP contribution in [0.25, 0.3) is 0 Å². The van der Waals surface area contributed by atoms with E-state index in [0.717, 1.165) is 11.1 Å². The van der Waals surface area contributed by atoms with Gasteiger partial charge in [-0.05, 0) is 42.2 Å². The molecule has 0 aliphatic rings. The summed E-state index contributed by atoms with van der Waals surface area (Å²) in [4.78, 5) is 16.6. The molecule has 0 saturated carbocycles. The average Bonchev–Trinajstić information content (AvgIpc) is 2.64. The van der Waals surface area contributed by atoms with Gasteiger partial charge in [0.2, 0.25) is 0 Å². The van der Waals surface area contributed by atoms with Crippen LogP contribution in [0.5, 0.6) is 11.5 Å². The maximum atomic E-state index is 12.1. The van der Waals surface area contributed by atoms with E-state index in [2.05, 4.69) is 4.84 Å². The van der Waals surface area contributed by atoms with E-state index < -0.39 is 5.97 Å². The highest BCUT2D eigenvalue weighted by Gasteiger charge is 2.11. The quantitative estimate of drug-likeness (QED) is 0.354. The van der Waals surface area contributed by atoms with E-state index in [1.165, 1.54) is 25.3 Å². The number of esters is 1. The van der Waals surface area contributed by atoms with Crippen LogP contribution in [-0.4, -0.2) is 40.6 Å². The number of aromatic hydroxyl groups is 1. The Morgan fingerprint density at radius 2 is 1.88 bits per heavy atom. The Balaban J connectivity index is 1.88. The smallest absolute Gasteiger partial charge is 0.338 e. The second-order valence-corrected chi connectivity index (χ2v) is 5.47. The monoisotopic (exact) mass is 363 g/mol. The van der Waals surface area contributed by atoms with E-state index in [1.807, 2.05) is 24.3 Å². The van der Waals surface area contributed by atoms with Gasteiger partial charge in [0.25, 0.3) is 0 Å². The molecular weight excluding hydrogens is 342 g/mol. The summed E-state index contributed by atoms with van der Waals surface area (Å²) in [6, 6.07) is 11.8. The molecule has 8 heteroatoms. The summed E-state index contributed by atoms with van der Waals surface area (Å²) in [5.41, 5.74) is 2.12. The zero-order valence-corrected chi connectivity index (χ0v) is 14.3. The topological polar surface area (TPSA) is 109 Å². The van der Waals surface area contributed by atoms with E-state index in [1.54, 1.807) is 0 Å². The summed E-state index contributed by atoms with van der Waals surface area (Å²) in [5, 5.41) is 26.2. The molecule has 2 aromatic carbocycles. The number of carbonyl (C=O) groups is 1. The van der Waals surface area contributed by atoms with Crippen LogP contribution in [0.4, 0.5) is 0 Å². The predicted octanol–water partition coefficient (Wildman–Crippen LogP) is 2.70. The van der Waals surface area contributed by atoms with Crippen LogP contribution in [0.15, 0.2) is 42.5 Å². The molecule has 0 aliphatic carbocycles. The maximum absolute atomic E-state index is 12.1. The predicted molar refractivity (Wildman–Crippen MR) is 89.9 cm³/mol. The molecule has 8 nitrogen and oxygen atoms in total. The van der Waals surface area contributed by atoms with Crippen LogP contribution in [-0.2, 0) is 22.6 Å². The summed E-state index contributed by atoms with van der Waals surface area (Å²) in [6.07, 6.45) is 1.26. The van der Waals surface area contributed by atoms with Gasteiger partial charge in [-0.3, -0.25) is 15.3 Å². The van der Waals surface area contributed by atoms with E-state index in [0.29, 0.717) is 12.8 Å². The Labute approximate surface area is 150 Å². The highest BCUT2D eigenvalue weighted by atomic mass is 17.1. The Bertz CT molecular complexity index is 733. The lowest BCUT2D eigenvalue weighted by molar-refractivity contribution is -0.492. The molecule has 3 N–H and O–H groups in total. The lowest BCUT2D eigenvalue weighted by atomic mass is 10.1. The number of methoxy groups -OCH3 is 1. The van der Waals surface area contributed by atoms with Crippen LogP contribution in [0.1, 0.15) is 27.9 Å². The average molecular weight is 363 g/mol. The van der Waals surface area contributed by atoms with Gasteiger partial charge in [-0.15, -0.1) is 0 Å². The number of rotatable bonds is 9. The van der Waals surface area contributed by atoms with Crippen molar-refractivity contribution in [2.75, 3.05) is 13.7 Å². The molecule has 0 amide bonds. The lowest BCUT2D eigenvalue weighted by Gasteiger charge is -2.09. The van der Waals surface area contributed by atoms with Crippen molar-refractivity contribution in [3.8, 4) is 11.5 Å². The number of phenols is 1. The lowest BCUT2D eigenvalue weighted by Crippen LogP contribution is -2.15. The number of phenolic OH excluding ortho intramolecular Hbond substituents is 1. The molecule has 0 radical (unpaired) electrons. The van der Waals surface area contributed by atoms with Gasteiger partial charge in [-0.2, -0.15) is 0 Å². The van der Waals surface area contributed by atoms with Crippen LogP contribution < -0.4 is 4.74 Å². The van der Waals surface area contributed by atoms with Gasteiger partial charge in [0, 0.05) is 0 Å². The number of nitrogens with zero attached hydrogens (tertiary/aromatic N) is 1. The van der Waals surface area contributed by atoms with Gasteiger partial charge in [-0.25, -0.2) is 4.79 Å². The number of benzene rings is 2. The SMILES string of the molecule is COc1cc(C(=O)OCc2cccc(CCCON(O)O)c2)ccc1O. The first-order chi connectivity index (χ1) is 12.5. The molecule has 0 aliphatic heterocycles. The Morgan fingerprint density at radius 1 is 1.12 bits per heavy atom. The maximum Gasteiger partial charge on any atom is 0.338 e. The van der Waals surface area contributed by atoms with Crippen LogP contribution in [0.2, 0.25) is 0 Å². The first-order valence-electron chi connectivity index (χ1n) is 7.92. The van der Waals surface area contributed by atoms with Gasteiger partial charge in [0.1, 0.15) is 6.61 Å². The second-order valence-electron chi connectivity index (χ2n) is 5.47. The van der Waals surface area contributed by atoms with Crippen molar-refractivity contribution in [2.45, 2.75) is 19.4 Å². The summed E-state index contributed by atoms with van der Waals surface area (Å²) in [5.74, 6) is -0.368. The fourth-order valence-electron chi connectivity index (χ4n) is 2.33. The summed E-state index contributed by atoms with van der Waals surface area (Å²) in [6.45, 7) is 0.266. The summed E-state index contributed by atoms with van der Waals surface area (Å²) < 4.78 is 10.3. The molecule has 0 saturated heterocycles. The fraction of sp³-hybridized carbons (Fsp3) is 0.278. The molecule has 0 heterocycles. The Kier molecular flexibility index (Phi) is 7.37. The molecule has 0 unspecified atom stereocenters. The van der Waals surface area contributed by atoms with Gasteiger partial charge < -0.3 is 14.6 Å². The zero-order chi connectivity index (χ0) is 18.9. The minimum atomic E-state index is -0.520. The molecule has 0 fully saturated rings.